The van der Waals surface area contributed by atoms with Crippen molar-refractivity contribution in [3.05, 3.63) is 38.5 Å². The van der Waals surface area contributed by atoms with Crippen molar-refractivity contribution < 1.29 is 0 Å². The third-order valence-corrected chi connectivity index (χ3v) is 5.68. The van der Waals surface area contributed by atoms with Gasteiger partial charge in [0.1, 0.15) is 5.01 Å². The van der Waals surface area contributed by atoms with E-state index >= 15 is 0 Å². The Balaban J connectivity index is 0.00000208. The average Bonchev–Trinajstić information content (AvgIpc) is 3.21. The molecule has 0 unspecified atom stereocenters. The van der Waals surface area contributed by atoms with Gasteiger partial charge in [0.05, 0.1) is 6.54 Å². The molecule has 0 amide bonds. The molecule has 24 heavy (non-hydrogen) atoms. The summed E-state index contributed by atoms with van der Waals surface area (Å²) in [5.74, 6) is 0.980. The average molecular weight is 477 g/mol. The van der Waals surface area contributed by atoms with Gasteiger partial charge in [-0.3, -0.25) is 9.89 Å². The highest BCUT2D eigenvalue weighted by atomic mass is 127. The number of piperazine rings is 1. The lowest BCUT2D eigenvalue weighted by Crippen LogP contribution is -2.51. The number of thiophene rings is 1. The van der Waals surface area contributed by atoms with Crippen LogP contribution < -0.4 is 5.32 Å². The minimum Gasteiger partial charge on any atom is -0.350 e. The van der Waals surface area contributed by atoms with Gasteiger partial charge in [-0.05, 0) is 18.4 Å². The molecule has 3 heterocycles. The lowest BCUT2D eigenvalue weighted by Gasteiger charge is -2.36. The van der Waals surface area contributed by atoms with Crippen LogP contribution in [-0.2, 0) is 13.1 Å². The first-order valence-corrected chi connectivity index (χ1v) is 9.56. The van der Waals surface area contributed by atoms with Gasteiger partial charge in [-0.2, -0.15) is 0 Å². The van der Waals surface area contributed by atoms with Gasteiger partial charge in [-0.25, -0.2) is 4.98 Å². The van der Waals surface area contributed by atoms with Gasteiger partial charge in [0.15, 0.2) is 5.96 Å². The van der Waals surface area contributed by atoms with E-state index in [9.17, 15) is 0 Å². The van der Waals surface area contributed by atoms with Crippen molar-refractivity contribution in [3.8, 4) is 0 Å². The van der Waals surface area contributed by atoms with E-state index in [2.05, 4.69) is 49.5 Å². The Morgan fingerprint density at radius 2 is 2.12 bits per heavy atom. The van der Waals surface area contributed by atoms with Crippen molar-refractivity contribution in [3.63, 3.8) is 0 Å². The molecule has 1 aliphatic rings. The van der Waals surface area contributed by atoms with E-state index in [4.69, 9.17) is 0 Å². The highest BCUT2D eigenvalue weighted by Crippen LogP contribution is 2.14. The second kappa shape index (κ2) is 9.69. The van der Waals surface area contributed by atoms with Crippen LogP contribution in [0.3, 0.4) is 0 Å². The fourth-order valence-corrected chi connectivity index (χ4v) is 4.18. The van der Waals surface area contributed by atoms with Crippen LogP contribution in [0.5, 0.6) is 0 Å². The first-order chi connectivity index (χ1) is 11.2. The zero-order chi connectivity index (χ0) is 16.1. The van der Waals surface area contributed by atoms with Crippen LogP contribution in [0.25, 0.3) is 0 Å². The molecule has 2 aromatic heterocycles. The van der Waals surface area contributed by atoms with E-state index in [0.29, 0.717) is 0 Å². The number of guanidine groups is 1. The molecule has 8 heteroatoms. The normalized spacial score (nSPS) is 16.1. The molecule has 132 valence electrons. The number of thiazole rings is 1. The van der Waals surface area contributed by atoms with Gasteiger partial charge in [-0.15, -0.1) is 46.7 Å². The van der Waals surface area contributed by atoms with Crippen LogP contribution >= 0.6 is 46.7 Å². The van der Waals surface area contributed by atoms with Gasteiger partial charge in [0, 0.05) is 55.7 Å². The maximum absolute atomic E-state index is 4.43. The van der Waals surface area contributed by atoms with E-state index in [1.807, 2.05) is 24.6 Å². The number of hydrogen-bond donors (Lipinski definition) is 1. The zero-order valence-electron chi connectivity index (χ0n) is 14.1. The lowest BCUT2D eigenvalue weighted by atomic mass is 10.3. The number of aromatic nitrogens is 1. The molecule has 1 fully saturated rings. The van der Waals surface area contributed by atoms with Crippen molar-refractivity contribution in [1.82, 2.24) is 20.1 Å². The number of nitrogens with one attached hydrogen (secondary N) is 1. The van der Waals surface area contributed by atoms with E-state index in [0.717, 1.165) is 50.2 Å². The maximum atomic E-state index is 4.43. The monoisotopic (exact) mass is 477 g/mol. The smallest absolute Gasteiger partial charge is 0.194 e. The summed E-state index contributed by atoms with van der Waals surface area (Å²) in [7, 11) is 1.85. The molecule has 2 aromatic rings. The second-order valence-electron chi connectivity index (χ2n) is 5.61. The van der Waals surface area contributed by atoms with Crippen molar-refractivity contribution in [2.75, 3.05) is 33.2 Å². The Labute approximate surface area is 168 Å². The first-order valence-electron chi connectivity index (χ1n) is 7.86. The number of nitrogens with zero attached hydrogens (tertiary/aromatic N) is 4. The highest BCUT2D eigenvalue weighted by Gasteiger charge is 2.19. The zero-order valence-corrected chi connectivity index (χ0v) is 18.0. The summed E-state index contributed by atoms with van der Waals surface area (Å²) < 4.78 is 0. The summed E-state index contributed by atoms with van der Waals surface area (Å²) in [6.45, 7) is 8.09. The maximum Gasteiger partial charge on any atom is 0.194 e. The molecule has 1 saturated heterocycles. The Morgan fingerprint density at radius 1 is 1.33 bits per heavy atom. The standard InChI is InChI=1S/C16H23N5S2.HI/c1-13-10-18-15(23-13)11-19-16(17-2)21-7-5-20(6-8-21)12-14-4-3-9-22-14;/h3-4,9-10H,5-8,11-12H2,1-2H3,(H,17,19);1H. The van der Waals surface area contributed by atoms with Crippen molar-refractivity contribution in [2.24, 2.45) is 4.99 Å². The molecule has 0 aliphatic carbocycles. The fraction of sp³-hybridized carbons (Fsp3) is 0.500. The molecule has 1 N–H and O–H groups in total. The number of aryl methyl sites for hydroxylation is 1. The molecule has 0 bridgehead atoms. The Kier molecular flexibility index (Phi) is 7.92. The molecule has 5 nitrogen and oxygen atoms in total. The quantitative estimate of drug-likeness (QED) is 0.418. The topological polar surface area (TPSA) is 43.8 Å². The molecule has 0 aromatic carbocycles. The van der Waals surface area contributed by atoms with Gasteiger partial charge in [0.25, 0.3) is 0 Å². The third kappa shape index (κ3) is 5.40. The van der Waals surface area contributed by atoms with Crippen LogP contribution in [0.1, 0.15) is 14.8 Å². The Hall–Kier alpha value is -0.710. The number of hydrogen-bond acceptors (Lipinski definition) is 5. The summed E-state index contributed by atoms with van der Waals surface area (Å²) in [5, 5.41) is 6.70. The number of halogens is 1. The van der Waals surface area contributed by atoms with Crippen LogP contribution in [-0.4, -0.2) is 54.0 Å². The third-order valence-electron chi connectivity index (χ3n) is 3.91. The summed E-state index contributed by atoms with van der Waals surface area (Å²) in [5.41, 5.74) is 0. The van der Waals surface area contributed by atoms with Gasteiger partial charge in [0.2, 0.25) is 0 Å². The largest absolute Gasteiger partial charge is 0.350 e. The Bertz CT molecular complexity index is 633. The molecule has 3 rings (SSSR count). The fourth-order valence-electron chi connectivity index (χ4n) is 2.71. The van der Waals surface area contributed by atoms with Crippen LogP contribution in [0.2, 0.25) is 0 Å². The molecule has 0 spiro atoms. The summed E-state index contributed by atoms with van der Waals surface area (Å²) in [6.07, 6.45) is 1.92. The highest BCUT2D eigenvalue weighted by molar-refractivity contribution is 14.0. The second-order valence-corrected chi connectivity index (χ2v) is 7.96. The lowest BCUT2D eigenvalue weighted by molar-refractivity contribution is 0.173. The molecule has 0 radical (unpaired) electrons. The van der Waals surface area contributed by atoms with E-state index < -0.39 is 0 Å². The number of rotatable bonds is 4. The van der Waals surface area contributed by atoms with Crippen LogP contribution in [0.15, 0.2) is 28.7 Å². The minimum absolute atomic E-state index is 0. The molecular weight excluding hydrogens is 453 g/mol. The molecular formula is C16H24IN5S2. The van der Waals surface area contributed by atoms with E-state index in [-0.39, 0.29) is 24.0 Å². The van der Waals surface area contributed by atoms with Crippen LogP contribution in [0, 0.1) is 6.92 Å². The van der Waals surface area contributed by atoms with Crippen molar-refractivity contribution in [2.45, 2.75) is 20.0 Å². The molecule has 0 atom stereocenters. The minimum atomic E-state index is 0. The first kappa shape index (κ1) is 19.6. The van der Waals surface area contributed by atoms with Gasteiger partial charge < -0.3 is 10.2 Å². The van der Waals surface area contributed by atoms with Gasteiger partial charge in [-0.1, -0.05) is 6.07 Å². The molecule has 1 aliphatic heterocycles. The summed E-state index contributed by atoms with van der Waals surface area (Å²) in [4.78, 5) is 16.4. The van der Waals surface area contributed by atoms with Crippen molar-refractivity contribution in [1.29, 1.82) is 0 Å². The van der Waals surface area contributed by atoms with Crippen LogP contribution in [0.4, 0.5) is 0 Å². The predicted molar refractivity (Wildman–Crippen MR) is 114 cm³/mol. The van der Waals surface area contributed by atoms with Crippen molar-refractivity contribution >= 4 is 52.6 Å². The SMILES string of the molecule is CN=C(NCc1ncc(C)s1)N1CCN(Cc2cccs2)CC1.I. The van der Waals surface area contributed by atoms with E-state index in [1.165, 1.54) is 9.75 Å². The summed E-state index contributed by atoms with van der Waals surface area (Å²) in [6, 6.07) is 4.34. The van der Waals surface area contributed by atoms with E-state index in [1.54, 1.807) is 11.3 Å². The molecule has 0 saturated carbocycles. The van der Waals surface area contributed by atoms with Gasteiger partial charge >= 0.3 is 0 Å². The summed E-state index contributed by atoms with van der Waals surface area (Å²) >= 11 is 3.57. The predicted octanol–water partition coefficient (Wildman–Crippen LogP) is 3.02. The Morgan fingerprint density at radius 3 is 2.71 bits per heavy atom. The number of aliphatic imine (C=N–C) groups is 1.